The number of nitrogens with one attached hydrogen (secondary N) is 1. The Morgan fingerprint density at radius 3 is 2.59 bits per heavy atom. The molecule has 1 aromatic heterocycles. The summed E-state index contributed by atoms with van der Waals surface area (Å²) in [5.41, 5.74) is 0.844. The highest BCUT2D eigenvalue weighted by Crippen LogP contribution is 2.23. The van der Waals surface area contributed by atoms with Crippen LogP contribution >= 0.6 is 0 Å². The van der Waals surface area contributed by atoms with Gasteiger partial charge in [0.25, 0.3) is 0 Å². The fourth-order valence-electron chi connectivity index (χ4n) is 2.87. The van der Waals surface area contributed by atoms with Gasteiger partial charge in [-0.3, -0.25) is 0 Å². The number of para-hydroxylation sites is 1. The molecule has 5 nitrogen and oxygen atoms in total. The minimum atomic E-state index is -3.48. The molecule has 1 heterocycles. The third-order valence-electron chi connectivity index (χ3n) is 4.18. The molecule has 1 aliphatic rings. The monoisotopic (exact) mass is 319 g/mol. The molecule has 3 rings (SSSR count). The van der Waals surface area contributed by atoms with Gasteiger partial charge < -0.3 is 0 Å². The van der Waals surface area contributed by atoms with Crippen LogP contribution in [-0.2, 0) is 10.0 Å². The number of nitrogens with zero attached hydrogens (tertiary/aromatic N) is 2. The third-order valence-corrected chi connectivity index (χ3v) is 5.55. The smallest absolute Gasteiger partial charge is 0.240 e. The molecule has 1 aromatic carbocycles. The minimum absolute atomic E-state index is 0.215. The first-order chi connectivity index (χ1) is 10.6. The Kier molecular flexibility index (Phi) is 4.59. The number of hydrogen-bond acceptors (Lipinski definition) is 3. The number of aromatic nitrogens is 2. The van der Waals surface area contributed by atoms with Gasteiger partial charge in [0.1, 0.15) is 4.90 Å². The van der Waals surface area contributed by atoms with Crippen LogP contribution in [0.2, 0.25) is 0 Å². The standard InChI is InChI=1S/C16H21N3O2S/c20-22(21,18-11-14-7-3-1-4-8-14)16-12-17-19(13-16)15-9-5-2-6-10-15/h2,5-6,9-10,12-14,18H,1,3-4,7-8,11H2. The molecule has 0 saturated heterocycles. The van der Waals surface area contributed by atoms with Crippen LogP contribution in [-0.4, -0.2) is 24.7 Å². The zero-order valence-corrected chi connectivity index (χ0v) is 13.3. The maximum absolute atomic E-state index is 12.4. The lowest BCUT2D eigenvalue weighted by Gasteiger charge is -2.21. The van der Waals surface area contributed by atoms with Crippen molar-refractivity contribution in [1.82, 2.24) is 14.5 Å². The predicted octanol–water partition coefficient (Wildman–Crippen LogP) is 2.73. The van der Waals surface area contributed by atoms with Crippen LogP contribution in [0.3, 0.4) is 0 Å². The van der Waals surface area contributed by atoms with E-state index < -0.39 is 10.0 Å². The first-order valence-electron chi connectivity index (χ1n) is 7.75. The van der Waals surface area contributed by atoms with Crippen molar-refractivity contribution in [3.8, 4) is 5.69 Å². The van der Waals surface area contributed by atoms with Crippen LogP contribution in [0.1, 0.15) is 32.1 Å². The highest BCUT2D eigenvalue weighted by molar-refractivity contribution is 7.89. The highest BCUT2D eigenvalue weighted by atomic mass is 32.2. The molecule has 1 fully saturated rings. The van der Waals surface area contributed by atoms with E-state index in [9.17, 15) is 8.42 Å². The Labute approximate surface area is 131 Å². The third kappa shape index (κ3) is 3.56. The van der Waals surface area contributed by atoms with Gasteiger partial charge in [0, 0.05) is 6.54 Å². The van der Waals surface area contributed by atoms with E-state index in [0.717, 1.165) is 18.5 Å². The quantitative estimate of drug-likeness (QED) is 0.921. The number of hydrogen-bond donors (Lipinski definition) is 1. The Bertz CT molecular complexity index is 704. The lowest BCUT2D eigenvalue weighted by molar-refractivity contribution is 0.357. The van der Waals surface area contributed by atoms with Crippen molar-refractivity contribution in [1.29, 1.82) is 0 Å². The molecule has 0 amide bonds. The van der Waals surface area contributed by atoms with Gasteiger partial charge >= 0.3 is 0 Å². The van der Waals surface area contributed by atoms with Crippen LogP contribution in [0.5, 0.6) is 0 Å². The minimum Gasteiger partial charge on any atom is -0.240 e. The van der Waals surface area contributed by atoms with Crippen molar-refractivity contribution >= 4 is 10.0 Å². The van der Waals surface area contributed by atoms with E-state index in [1.807, 2.05) is 30.3 Å². The maximum atomic E-state index is 12.4. The molecule has 1 aliphatic carbocycles. The van der Waals surface area contributed by atoms with E-state index in [2.05, 4.69) is 9.82 Å². The van der Waals surface area contributed by atoms with Crippen LogP contribution in [0, 0.1) is 5.92 Å². The van der Waals surface area contributed by atoms with Crippen LogP contribution in [0.25, 0.3) is 5.69 Å². The zero-order valence-electron chi connectivity index (χ0n) is 12.5. The van der Waals surface area contributed by atoms with Gasteiger partial charge in [-0.25, -0.2) is 17.8 Å². The Balaban J connectivity index is 1.68. The summed E-state index contributed by atoms with van der Waals surface area (Å²) in [6.45, 7) is 0.527. The molecule has 0 bridgehead atoms. The van der Waals surface area contributed by atoms with Gasteiger partial charge in [-0.1, -0.05) is 37.5 Å². The average Bonchev–Trinajstić information content (AvgIpc) is 3.06. The van der Waals surface area contributed by atoms with Crippen molar-refractivity contribution in [2.24, 2.45) is 5.92 Å². The number of benzene rings is 1. The van der Waals surface area contributed by atoms with Gasteiger partial charge in [0.15, 0.2) is 0 Å². The zero-order chi connectivity index (χ0) is 15.4. The Hall–Kier alpha value is -1.66. The van der Waals surface area contributed by atoms with Gasteiger partial charge in [-0.2, -0.15) is 5.10 Å². The molecule has 0 spiro atoms. The molecular formula is C16H21N3O2S. The summed E-state index contributed by atoms with van der Waals surface area (Å²) in [5, 5.41) is 4.14. The van der Waals surface area contributed by atoms with Crippen molar-refractivity contribution < 1.29 is 8.42 Å². The second-order valence-corrected chi connectivity index (χ2v) is 7.58. The first kappa shape index (κ1) is 15.2. The van der Waals surface area contributed by atoms with Gasteiger partial charge in [-0.05, 0) is 30.9 Å². The largest absolute Gasteiger partial charge is 0.243 e. The lowest BCUT2D eigenvalue weighted by atomic mass is 9.90. The lowest BCUT2D eigenvalue weighted by Crippen LogP contribution is -2.30. The fraction of sp³-hybridized carbons (Fsp3) is 0.438. The maximum Gasteiger partial charge on any atom is 0.243 e. The van der Waals surface area contributed by atoms with Crippen molar-refractivity contribution in [3.05, 3.63) is 42.7 Å². The molecule has 1 N–H and O–H groups in total. The van der Waals surface area contributed by atoms with Gasteiger partial charge in [0.05, 0.1) is 18.1 Å². The second kappa shape index (κ2) is 6.62. The SMILES string of the molecule is O=S(=O)(NCC1CCCCC1)c1cnn(-c2ccccc2)c1. The highest BCUT2D eigenvalue weighted by Gasteiger charge is 2.20. The van der Waals surface area contributed by atoms with Crippen LogP contribution in [0.4, 0.5) is 0 Å². The molecule has 22 heavy (non-hydrogen) atoms. The normalized spacial score (nSPS) is 16.7. The summed E-state index contributed by atoms with van der Waals surface area (Å²) < 4.78 is 29.0. The summed E-state index contributed by atoms with van der Waals surface area (Å²) in [7, 11) is -3.48. The van der Waals surface area contributed by atoms with Crippen LogP contribution < -0.4 is 4.72 Å². The van der Waals surface area contributed by atoms with Crippen molar-refractivity contribution in [3.63, 3.8) is 0 Å². The molecule has 118 valence electrons. The first-order valence-corrected chi connectivity index (χ1v) is 9.23. The number of sulfonamides is 1. The molecule has 0 aliphatic heterocycles. The predicted molar refractivity (Wildman–Crippen MR) is 85.3 cm³/mol. The molecule has 0 radical (unpaired) electrons. The van der Waals surface area contributed by atoms with Gasteiger partial charge in [0.2, 0.25) is 10.0 Å². The molecular weight excluding hydrogens is 298 g/mol. The second-order valence-electron chi connectivity index (χ2n) is 5.81. The van der Waals surface area contributed by atoms with E-state index in [-0.39, 0.29) is 4.90 Å². The molecule has 6 heteroatoms. The summed E-state index contributed by atoms with van der Waals surface area (Å²) in [6.07, 6.45) is 8.87. The summed E-state index contributed by atoms with van der Waals surface area (Å²) in [6, 6.07) is 9.48. The summed E-state index contributed by atoms with van der Waals surface area (Å²) in [5.74, 6) is 0.465. The van der Waals surface area contributed by atoms with E-state index in [0.29, 0.717) is 12.5 Å². The van der Waals surface area contributed by atoms with Crippen molar-refractivity contribution in [2.45, 2.75) is 37.0 Å². The fourth-order valence-corrected chi connectivity index (χ4v) is 3.92. The van der Waals surface area contributed by atoms with Crippen molar-refractivity contribution in [2.75, 3.05) is 6.54 Å². The topological polar surface area (TPSA) is 64.0 Å². The summed E-state index contributed by atoms with van der Waals surface area (Å²) >= 11 is 0. The Morgan fingerprint density at radius 2 is 1.86 bits per heavy atom. The average molecular weight is 319 g/mol. The van der Waals surface area contributed by atoms with Gasteiger partial charge in [-0.15, -0.1) is 0 Å². The van der Waals surface area contributed by atoms with E-state index in [1.165, 1.54) is 25.5 Å². The molecule has 2 aromatic rings. The Morgan fingerprint density at radius 1 is 1.14 bits per heavy atom. The number of rotatable bonds is 5. The molecule has 1 saturated carbocycles. The summed E-state index contributed by atoms with van der Waals surface area (Å²) in [4.78, 5) is 0.215. The molecule has 0 atom stereocenters. The van der Waals surface area contributed by atoms with E-state index in [1.54, 1.807) is 10.9 Å². The van der Waals surface area contributed by atoms with E-state index >= 15 is 0 Å². The molecule has 0 unspecified atom stereocenters. The van der Waals surface area contributed by atoms with Crippen LogP contribution in [0.15, 0.2) is 47.6 Å². The van der Waals surface area contributed by atoms with E-state index in [4.69, 9.17) is 0 Å².